The summed E-state index contributed by atoms with van der Waals surface area (Å²) in [4.78, 5) is 26.9. The van der Waals surface area contributed by atoms with Gasteiger partial charge in [-0.25, -0.2) is 4.79 Å². The van der Waals surface area contributed by atoms with Crippen LogP contribution in [0.3, 0.4) is 0 Å². The van der Waals surface area contributed by atoms with Crippen LogP contribution in [0.1, 0.15) is 35.2 Å². The molecular weight excluding hydrogens is 380 g/mol. The number of hydrogen-bond acceptors (Lipinski definition) is 4. The van der Waals surface area contributed by atoms with Gasteiger partial charge in [0.15, 0.2) is 0 Å². The van der Waals surface area contributed by atoms with Crippen LogP contribution in [-0.4, -0.2) is 46.8 Å². The van der Waals surface area contributed by atoms with Gasteiger partial charge in [-0.3, -0.25) is 14.3 Å². The number of benzene rings is 2. The Balaban J connectivity index is 1.61. The van der Waals surface area contributed by atoms with E-state index in [0.29, 0.717) is 23.4 Å². The van der Waals surface area contributed by atoms with Crippen LogP contribution >= 0.6 is 0 Å². The van der Waals surface area contributed by atoms with E-state index in [2.05, 4.69) is 4.90 Å². The Kier molecular flexibility index (Phi) is 5.86. The molecule has 6 nitrogen and oxygen atoms in total. The zero-order valence-electron chi connectivity index (χ0n) is 17.1. The van der Waals surface area contributed by atoms with E-state index in [1.165, 1.54) is 29.9 Å². The van der Waals surface area contributed by atoms with Crippen molar-refractivity contribution in [3.8, 4) is 11.4 Å². The van der Waals surface area contributed by atoms with E-state index in [0.717, 1.165) is 30.6 Å². The summed E-state index contributed by atoms with van der Waals surface area (Å²) in [5.74, 6) is -0.347. The van der Waals surface area contributed by atoms with Crippen molar-refractivity contribution < 1.29 is 14.6 Å². The molecule has 2 aromatic carbocycles. The summed E-state index contributed by atoms with van der Waals surface area (Å²) >= 11 is 0. The van der Waals surface area contributed by atoms with Crippen molar-refractivity contribution in [1.29, 1.82) is 0 Å². The molecule has 0 amide bonds. The Morgan fingerprint density at radius 1 is 1.07 bits per heavy atom. The van der Waals surface area contributed by atoms with Gasteiger partial charge in [-0.15, -0.1) is 0 Å². The number of aromatic nitrogens is 1. The van der Waals surface area contributed by atoms with Gasteiger partial charge < -0.3 is 9.84 Å². The minimum atomic E-state index is -1.02. The molecule has 1 aliphatic rings. The number of carbonyl (C=O) groups is 1. The highest BCUT2D eigenvalue weighted by Crippen LogP contribution is 2.21. The lowest BCUT2D eigenvalue weighted by molar-refractivity contribution is 0.0697. The van der Waals surface area contributed by atoms with Gasteiger partial charge in [-0.2, -0.15) is 0 Å². The summed E-state index contributed by atoms with van der Waals surface area (Å²) in [7, 11) is 0. The van der Waals surface area contributed by atoms with Crippen LogP contribution in [0, 0.1) is 6.92 Å². The van der Waals surface area contributed by atoms with Crippen LogP contribution in [0.4, 0.5) is 0 Å². The van der Waals surface area contributed by atoms with Gasteiger partial charge in [0.05, 0.1) is 16.6 Å². The molecule has 1 fully saturated rings. The molecule has 1 aliphatic heterocycles. The number of nitrogens with zero attached hydrogens (tertiary/aromatic N) is 2. The van der Waals surface area contributed by atoms with Crippen molar-refractivity contribution in [2.45, 2.75) is 26.2 Å². The molecule has 0 atom stereocenters. The fraction of sp³-hybridized carbons (Fsp3) is 0.333. The first-order valence-corrected chi connectivity index (χ1v) is 10.4. The number of rotatable bonds is 6. The molecule has 0 spiro atoms. The minimum absolute atomic E-state index is 0.150. The van der Waals surface area contributed by atoms with Gasteiger partial charge in [0, 0.05) is 12.7 Å². The van der Waals surface area contributed by atoms with Crippen molar-refractivity contribution in [3.05, 3.63) is 70.1 Å². The maximum atomic E-state index is 13.2. The Bertz CT molecular complexity index is 1130. The summed E-state index contributed by atoms with van der Waals surface area (Å²) in [6, 6.07) is 12.2. The SMILES string of the molecule is Cc1ccc(C(=O)O)cc1-n1ccc2ccc(OCCN3CCCCC3)cc2c1=O. The van der Waals surface area contributed by atoms with E-state index in [1.54, 1.807) is 24.4 Å². The Morgan fingerprint density at radius 3 is 2.63 bits per heavy atom. The molecule has 0 aliphatic carbocycles. The third-order valence-corrected chi connectivity index (χ3v) is 5.72. The second-order valence-corrected chi connectivity index (χ2v) is 7.80. The molecule has 156 valence electrons. The van der Waals surface area contributed by atoms with Crippen molar-refractivity contribution >= 4 is 16.7 Å². The van der Waals surface area contributed by atoms with E-state index in [-0.39, 0.29) is 11.1 Å². The van der Waals surface area contributed by atoms with Gasteiger partial charge in [0.25, 0.3) is 5.56 Å². The molecule has 30 heavy (non-hydrogen) atoms. The summed E-state index contributed by atoms with van der Waals surface area (Å²) in [6.45, 7) is 5.59. The highest BCUT2D eigenvalue weighted by Gasteiger charge is 2.12. The number of piperidine rings is 1. The van der Waals surface area contributed by atoms with Crippen LogP contribution in [0.5, 0.6) is 5.75 Å². The van der Waals surface area contributed by atoms with Crippen LogP contribution in [0.2, 0.25) is 0 Å². The molecular formula is C24H26N2O4. The van der Waals surface area contributed by atoms with Crippen molar-refractivity contribution in [1.82, 2.24) is 9.47 Å². The number of hydrogen-bond donors (Lipinski definition) is 1. The Labute approximate surface area is 175 Å². The lowest BCUT2D eigenvalue weighted by Gasteiger charge is -2.26. The fourth-order valence-electron chi connectivity index (χ4n) is 3.98. The zero-order valence-corrected chi connectivity index (χ0v) is 17.1. The summed E-state index contributed by atoms with van der Waals surface area (Å²) in [5.41, 5.74) is 1.35. The Hall–Kier alpha value is -3.12. The Morgan fingerprint density at radius 2 is 1.87 bits per heavy atom. The predicted octanol–water partition coefficient (Wildman–Crippen LogP) is 3.86. The van der Waals surface area contributed by atoms with E-state index in [4.69, 9.17) is 4.74 Å². The van der Waals surface area contributed by atoms with Gasteiger partial charge in [-0.1, -0.05) is 18.6 Å². The molecule has 6 heteroatoms. The number of carboxylic acid groups (broad SMARTS) is 1. The molecule has 1 N–H and O–H groups in total. The maximum absolute atomic E-state index is 13.2. The van der Waals surface area contributed by atoms with Crippen molar-refractivity contribution in [3.63, 3.8) is 0 Å². The van der Waals surface area contributed by atoms with E-state index in [9.17, 15) is 14.7 Å². The predicted molar refractivity (Wildman–Crippen MR) is 117 cm³/mol. The first-order valence-electron chi connectivity index (χ1n) is 10.4. The van der Waals surface area contributed by atoms with Crippen LogP contribution in [0.15, 0.2) is 53.5 Å². The third kappa shape index (κ3) is 4.24. The highest BCUT2D eigenvalue weighted by atomic mass is 16.5. The number of aromatic carboxylic acids is 1. The molecule has 1 saturated heterocycles. The number of aryl methyl sites for hydroxylation is 1. The van der Waals surface area contributed by atoms with Crippen molar-refractivity contribution in [2.75, 3.05) is 26.2 Å². The standard InChI is InChI=1S/C24H26N2O4/c1-17-5-6-19(24(28)29)15-22(17)26-12-9-18-7-8-20(16-21(18)23(26)27)30-14-13-25-10-3-2-4-11-25/h5-9,12,15-16H,2-4,10-11,13-14H2,1H3,(H,28,29). The molecule has 2 heterocycles. The van der Waals surface area contributed by atoms with E-state index < -0.39 is 5.97 Å². The molecule has 4 rings (SSSR count). The largest absolute Gasteiger partial charge is 0.492 e. The lowest BCUT2D eigenvalue weighted by Crippen LogP contribution is -2.33. The number of likely N-dealkylation sites (tertiary alicyclic amines) is 1. The summed E-state index contributed by atoms with van der Waals surface area (Å²) in [6.07, 6.45) is 5.49. The van der Waals surface area contributed by atoms with Gasteiger partial charge in [0.2, 0.25) is 0 Å². The third-order valence-electron chi connectivity index (χ3n) is 5.72. The topological polar surface area (TPSA) is 71.8 Å². The fourth-order valence-corrected chi connectivity index (χ4v) is 3.98. The van der Waals surface area contributed by atoms with Crippen LogP contribution in [-0.2, 0) is 0 Å². The molecule has 1 aromatic heterocycles. The van der Waals surface area contributed by atoms with Gasteiger partial charge in [-0.05, 0) is 74.1 Å². The molecule has 0 saturated carbocycles. The zero-order chi connectivity index (χ0) is 21.1. The first kappa shape index (κ1) is 20.2. The maximum Gasteiger partial charge on any atom is 0.335 e. The first-order chi connectivity index (χ1) is 14.5. The van der Waals surface area contributed by atoms with E-state index >= 15 is 0 Å². The number of pyridine rings is 1. The van der Waals surface area contributed by atoms with Crippen LogP contribution in [0.25, 0.3) is 16.5 Å². The van der Waals surface area contributed by atoms with Gasteiger partial charge >= 0.3 is 5.97 Å². The number of fused-ring (bicyclic) bond motifs is 1. The second-order valence-electron chi connectivity index (χ2n) is 7.80. The minimum Gasteiger partial charge on any atom is -0.492 e. The normalized spacial score (nSPS) is 14.7. The molecule has 0 radical (unpaired) electrons. The van der Waals surface area contributed by atoms with Crippen LogP contribution < -0.4 is 10.3 Å². The number of carboxylic acids is 1. The quantitative estimate of drug-likeness (QED) is 0.673. The van der Waals surface area contributed by atoms with Gasteiger partial charge in [0.1, 0.15) is 12.4 Å². The molecule has 3 aromatic rings. The monoisotopic (exact) mass is 406 g/mol. The highest BCUT2D eigenvalue weighted by molar-refractivity contribution is 5.88. The van der Waals surface area contributed by atoms with Crippen molar-refractivity contribution in [2.24, 2.45) is 0 Å². The summed E-state index contributed by atoms with van der Waals surface area (Å²) < 4.78 is 7.43. The average molecular weight is 406 g/mol. The smallest absolute Gasteiger partial charge is 0.335 e. The lowest BCUT2D eigenvalue weighted by atomic mass is 10.1. The molecule has 0 bridgehead atoms. The number of ether oxygens (including phenoxy) is 1. The average Bonchev–Trinajstić information content (AvgIpc) is 2.75. The van der Waals surface area contributed by atoms with E-state index in [1.807, 2.05) is 25.1 Å². The molecule has 0 unspecified atom stereocenters. The second kappa shape index (κ2) is 8.71. The summed E-state index contributed by atoms with van der Waals surface area (Å²) in [5, 5.41) is 10.7.